The topological polar surface area (TPSA) is 103 Å². The van der Waals surface area contributed by atoms with Crippen LogP contribution in [0.5, 0.6) is 5.75 Å². The minimum absolute atomic E-state index is 0.191. The van der Waals surface area contributed by atoms with E-state index in [4.69, 9.17) is 14.2 Å². The van der Waals surface area contributed by atoms with Gasteiger partial charge < -0.3 is 24.8 Å². The van der Waals surface area contributed by atoms with Gasteiger partial charge in [-0.3, -0.25) is 0 Å². The Morgan fingerprint density at radius 2 is 1.65 bits per heavy atom. The molecule has 8 heteroatoms. The third kappa shape index (κ3) is 5.85. The van der Waals surface area contributed by atoms with Crippen molar-refractivity contribution in [3.8, 4) is 5.75 Å². The molecule has 1 aliphatic rings. The predicted molar refractivity (Wildman–Crippen MR) is 112 cm³/mol. The zero-order valence-corrected chi connectivity index (χ0v) is 17.3. The Bertz CT molecular complexity index is 969. The molecule has 2 aromatic carbocycles. The third-order valence-corrected chi connectivity index (χ3v) is 4.55. The molecule has 0 saturated carbocycles. The lowest BCUT2D eigenvalue weighted by atomic mass is 10.0. The van der Waals surface area contributed by atoms with Crippen LogP contribution in [0.3, 0.4) is 0 Å². The van der Waals surface area contributed by atoms with E-state index in [2.05, 4.69) is 10.6 Å². The maximum atomic E-state index is 12.4. The fourth-order valence-electron chi connectivity index (χ4n) is 3.03. The third-order valence-electron chi connectivity index (χ3n) is 4.55. The van der Waals surface area contributed by atoms with Gasteiger partial charge in [-0.2, -0.15) is 0 Å². The molecule has 0 unspecified atom stereocenters. The summed E-state index contributed by atoms with van der Waals surface area (Å²) in [6.45, 7) is 3.64. The van der Waals surface area contributed by atoms with Gasteiger partial charge in [-0.25, -0.2) is 14.4 Å². The number of esters is 2. The normalized spacial score (nSPS) is 15.5. The van der Waals surface area contributed by atoms with E-state index in [0.717, 1.165) is 11.3 Å². The number of benzene rings is 2. The molecule has 3 rings (SSSR count). The van der Waals surface area contributed by atoms with Crippen molar-refractivity contribution in [1.82, 2.24) is 10.6 Å². The summed E-state index contributed by atoms with van der Waals surface area (Å²) in [6.07, 6.45) is 0. The number of nitrogens with one attached hydrogen (secondary N) is 2. The molecule has 1 heterocycles. The van der Waals surface area contributed by atoms with Gasteiger partial charge in [0.1, 0.15) is 19.0 Å². The van der Waals surface area contributed by atoms with Gasteiger partial charge in [0.2, 0.25) is 0 Å². The van der Waals surface area contributed by atoms with E-state index in [1.807, 2.05) is 30.3 Å². The van der Waals surface area contributed by atoms with Gasteiger partial charge in [0.25, 0.3) is 0 Å². The van der Waals surface area contributed by atoms with Crippen LogP contribution < -0.4 is 15.4 Å². The number of ether oxygens (including phenoxy) is 3. The van der Waals surface area contributed by atoms with Crippen molar-refractivity contribution in [1.29, 1.82) is 0 Å². The molecular weight excluding hydrogens is 400 g/mol. The van der Waals surface area contributed by atoms with E-state index in [9.17, 15) is 14.4 Å². The molecule has 0 fully saturated rings. The molecular formula is C23H24N2O6. The first-order chi connectivity index (χ1) is 15.0. The summed E-state index contributed by atoms with van der Waals surface area (Å²) in [7, 11) is 0. The molecule has 0 saturated heterocycles. The minimum atomic E-state index is -0.577. The second kappa shape index (κ2) is 10.3. The van der Waals surface area contributed by atoms with Crippen molar-refractivity contribution in [3.05, 3.63) is 77.0 Å². The lowest BCUT2D eigenvalue weighted by Crippen LogP contribution is -2.50. The molecule has 8 nitrogen and oxygen atoms in total. The fourth-order valence-corrected chi connectivity index (χ4v) is 3.03. The van der Waals surface area contributed by atoms with E-state index >= 15 is 0 Å². The first kappa shape index (κ1) is 21.9. The number of carbonyl (C=O) groups is 3. The Balaban J connectivity index is 1.61. The molecule has 162 valence electrons. The van der Waals surface area contributed by atoms with Gasteiger partial charge in [0.05, 0.1) is 29.5 Å². The van der Waals surface area contributed by atoms with Crippen LogP contribution in [0.15, 0.2) is 65.9 Å². The first-order valence-corrected chi connectivity index (χ1v) is 9.89. The summed E-state index contributed by atoms with van der Waals surface area (Å²) in [5.41, 5.74) is 1.67. The lowest BCUT2D eigenvalue weighted by molar-refractivity contribution is -0.139. The minimum Gasteiger partial charge on any atom is -0.489 e. The van der Waals surface area contributed by atoms with Gasteiger partial charge in [-0.1, -0.05) is 30.3 Å². The molecule has 1 atom stereocenters. The van der Waals surface area contributed by atoms with Crippen LogP contribution in [-0.2, 0) is 20.9 Å². The first-order valence-electron chi connectivity index (χ1n) is 9.89. The number of urea groups is 1. The van der Waals surface area contributed by atoms with Crippen LogP contribution in [0.4, 0.5) is 4.79 Å². The molecule has 1 aliphatic heterocycles. The molecule has 0 spiro atoms. The monoisotopic (exact) mass is 424 g/mol. The van der Waals surface area contributed by atoms with Crippen molar-refractivity contribution in [2.75, 3.05) is 13.2 Å². The largest absolute Gasteiger partial charge is 0.489 e. The van der Waals surface area contributed by atoms with E-state index in [1.54, 1.807) is 38.1 Å². The van der Waals surface area contributed by atoms with E-state index in [0.29, 0.717) is 12.2 Å². The quantitative estimate of drug-likeness (QED) is 0.632. The summed E-state index contributed by atoms with van der Waals surface area (Å²) in [4.78, 5) is 36.4. The molecule has 0 aromatic heterocycles. The Labute approximate surface area is 180 Å². The Morgan fingerprint density at radius 3 is 2.32 bits per heavy atom. The fraction of sp³-hybridized carbons (Fsp3) is 0.261. The molecule has 0 aliphatic carbocycles. The van der Waals surface area contributed by atoms with E-state index in [-0.39, 0.29) is 24.5 Å². The number of hydrogen-bond donors (Lipinski definition) is 2. The summed E-state index contributed by atoms with van der Waals surface area (Å²) < 4.78 is 16.0. The number of para-hydroxylation sites is 1. The van der Waals surface area contributed by atoms with Gasteiger partial charge in [-0.05, 0) is 43.7 Å². The number of rotatable bonds is 8. The van der Waals surface area contributed by atoms with Gasteiger partial charge in [-0.15, -0.1) is 0 Å². The summed E-state index contributed by atoms with van der Waals surface area (Å²) in [6, 6.07) is 15.2. The average molecular weight is 424 g/mol. The van der Waals surface area contributed by atoms with Crippen LogP contribution in [0.1, 0.15) is 29.8 Å². The van der Waals surface area contributed by atoms with E-state index < -0.39 is 24.0 Å². The average Bonchev–Trinajstić information content (AvgIpc) is 2.77. The smallest absolute Gasteiger partial charge is 0.338 e. The molecule has 2 amide bonds. The highest BCUT2D eigenvalue weighted by Gasteiger charge is 2.30. The van der Waals surface area contributed by atoms with Gasteiger partial charge in [0.15, 0.2) is 0 Å². The highest BCUT2D eigenvalue weighted by molar-refractivity contribution is 5.95. The van der Waals surface area contributed by atoms with Crippen LogP contribution >= 0.6 is 0 Å². The Morgan fingerprint density at radius 1 is 0.935 bits per heavy atom. The summed E-state index contributed by atoms with van der Waals surface area (Å²) in [5.74, 6) is -0.391. The van der Waals surface area contributed by atoms with Crippen LogP contribution in [0.2, 0.25) is 0 Å². The van der Waals surface area contributed by atoms with Crippen LogP contribution in [0, 0.1) is 0 Å². The van der Waals surface area contributed by atoms with Crippen molar-refractivity contribution >= 4 is 18.0 Å². The van der Waals surface area contributed by atoms with Crippen LogP contribution in [-0.4, -0.2) is 37.2 Å². The highest BCUT2D eigenvalue weighted by Crippen LogP contribution is 2.16. The predicted octanol–water partition coefficient (Wildman–Crippen LogP) is 2.94. The standard InChI is InChI=1S/C23H24N2O6/c1-3-29-22(27)20-15(2)24-23(28)25-19(20)14-31-21(26)17-11-9-16(10-12-17)13-30-18-7-5-4-6-8-18/h4-12,15H,3,13-14H2,1-2H3,(H2,24,25,28)/t15-/m1/s1. The van der Waals surface area contributed by atoms with E-state index in [1.165, 1.54) is 0 Å². The lowest BCUT2D eigenvalue weighted by Gasteiger charge is -2.26. The Hall–Kier alpha value is -3.81. The zero-order chi connectivity index (χ0) is 22.2. The van der Waals surface area contributed by atoms with Crippen molar-refractivity contribution in [2.24, 2.45) is 0 Å². The number of hydrogen-bond acceptors (Lipinski definition) is 6. The van der Waals surface area contributed by atoms with Gasteiger partial charge >= 0.3 is 18.0 Å². The Kier molecular flexibility index (Phi) is 7.26. The second-order valence-electron chi connectivity index (χ2n) is 6.81. The van der Waals surface area contributed by atoms with Crippen molar-refractivity contribution in [2.45, 2.75) is 26.5 Å². The van der Waals surface area contributed by atoms with Crippen molar-refractivity contribution < 1.29 is 28.6 Å². The maximum Gasteiger partial charge on any atom is 0.338 e. The number of carbonyl (C=O) groups excluding carboxylic acids is 3. The SMILES string of the molecule is CCOC(=O)C1=C(COC(=O)c2ccc(COc3ccccc3)cc2)NC(=O)N[C@@H]1C. The second-order valence-corrected chi connectivity index (χ2v) is 6.81. The summed E-state index contributed by atoms with van der Waals surface area (Å²) in [5, 5.41) is 5.11. The molecule has 2 N–H and O–H groups in total. The van der Waals surface area contributed by atoms with Crippen molar-refractivity contribution in [3.63, 3.8) is 0 Å². The molecule has 31 heavy (non-hydrogen) atoms. The molecule has 0 bridgehead atoms. The summed E-state index contributed by atoms with van der Waals surface area (Å²) >= 11 is 0. The zero-order valence-electron chi connectivity index (χ0n) is 17.3. The van der Waals surface area contributed by atoms with Gasteiger partial charge in [0, 0.05) is 0 Å². The molecule has 2 aromatic rings. The molecule has 0 radical (unpaired) electrons. The van der Waals surface area contributed by atoms with Crippen LogP contribution in [0.25, 0.3) is 0 Å². The maximum absolute atomic E-state index is 12.4. The highest BCUT2D eigenvalue weighted by atomic mass is 16.5. The number of amides is 2.